The summed E-state index contributed by atoms with van der Waals surface area (Å²) < 4.78 is 31.4. The second-order valence-electron chi connectivity index (χ2n) is 6.13. The zero-order chi connectivity index (χ0) is 16.0. The molecule has 0 N–H and O–H groups in total. The minimum atomic E-state index is -3.13. The average molecular weight is 321 g/mol. The number of morpholine rings is 1. The molecule has 2 fully saturated rings. The highest BCUT2D eigenvalue weighted by Crippen LogP contribution is 2.16. The van der Waals surface area contributed by atoms with E-state index in [1.807, 2.05) is 13.8 Å². The molecule has 7 heteroatoms. The standard InChI is InChI=1S/C7H16N2O2S.C7H15NO/c1-7(2)9-6-4-5-8(3)12(9,10)11;1-7(2)8-3-5-9-6-4-8/h7H,4-6H2,1-3H3;7H,3-6H2,1-2H3. The molecule has 0 atom stereocenters. The molecular formula is C14H31N3O3S. The molecule has 0 unspecified atom stereocenters. The highest BCUT2D eigenvalue weighted by atomic mass is 32.2. The Kier molecular flexibility index (Phi) is 7.56. The van der Waals surface area contributed by atoms with E-state index in [2.05, 4.69) is 18.7 Å². The summed E-state index contributed by atoms with van der Waals surface area (Å²) in [7, 11) is -1.51. The molecule has 6 nitrogen and oxygen atoms in total. The third-order valence-electron chi connectivity index (χ3n) is 3.89. The Morgan fingerprint density at radius 1 is 0.905 bits per heavy atom. The lowest BCUT2D eigenvalue weighted by Crippen LogP contribution is -2.50. The van der Waals surface area contributed by atoms with Gasteiger partial charge in [0.2, 0.25) is 0 Å². The van der Waals surface area contributed by atoms with E-state index in [1.54, 1.807) is 7.05 Å². The number of nitrogens with zero attached hydrogens (tertiary/aromatic N) is 3. The Balaban J connectivity index is 0.000000219. The number of rotatable bonds is 2. The van der Waals surface area contributed by atoms with Gasteiger partial charge in [0.15, 0.2) is 0 Å². The van der Waals surface area contributed by atoms with Crippen LogP contribution in [0, 0.1) is 0 Å². The van der Waals surface area contributed by atoms with Crippen molar-refractivity contribution in [3.63, 3.8) is 0 Å². The first kappa shape index (κ1) is 18.8. The van der Waals surface area contributed by atoms with E-state index in [0.717, 1.165) is 32.7 Å². The smallest absolute Gasteiger partial charge is 0.281 e. The average Bonchev–Trinajstić information content (AvgIpc) is 2.43. The Hall–Kier alpha value is -0.210. The molecule has 0 spiro atoms. The fourth-order valence-corrected chi connectivity index (χ4v) is 4.09. The van der Waals surface area contributed by atoms with E-state index >= 15 is 0 Å². The Labute approximate surface area is 130 Å². The van der Waals surface area contributed by atoms with Crippen molar-refractivity contribution in [1.82, 2.24) is 13.5 Å². The highest BCUT2D eigenvalue weighted by Gasteiger charge is 2.32. The summed E-state index contributed by atoms with van der Waals surface area (Å²) in [6, 6.07) is 0.756. The predicted molar refractivity (Wildman–Crippen MR) is 85.5 cm³/mol. The molecule has 0 bridgehead atoms. The third kappa shape index (κ3) is 5.49. The van der Waals surface area contributed by atoms with Crippen molar-refractivity contribution in [3.8, 4) is 0 Å². The molecule has 0 aliphatic carbocycles. The van der Waals surface area contributed by atoms with Crippen LogP contribution >= 0.6 is 0 Å². The summed E-state index contributed by atoms with van der Waals surface area (Å²) >= 11 is 0. The SMILES string of the molecule is CC(C)N1CCCN(C)S1(=O)=O.CC(C)N1CCOCC1. The van der Waals surface area contributed by atoms with E-state index in [4.69, 9.17) is 4.74 Å². The molecule has 2 aliphatic rings. The van der Waals surface area contributed by atoms with Crippen molar-refractivity contribution < 1.29 is 13.2 Å². The molecule has 0 aromatic heterocycles. The number of ether oxygens (including phenoxy) is 1. The molecule has 0 amide bonds. The molecule has 126 valence electrons. The first-order valence-corrected chi connectivity index (χ1v) is 9.21. The molecule has 21 heavy (non-hydrogen) atoms. The molecule has 0 radical (unpaired) electrons. The Bertz CT molecular complexity index is 392. The Morgan fingerprint density at radius 3 is 1.86 bits per heavy atom. The summed E-state index contributed by atoms with van der Waals surface area (Å²) in [4.78, 5) is 2.43. The Morgan fingerprint density at radius 2 is 1.48 bits per heavy atom. The van der Waals surface area contributed by atoms with Crippen molar-refractivity contribution in [3.05, 3.63) is 0 Å². The van der Waals surface area contributed by atoms with Crippen LogP contribution in [0.25, 0.3) is 0 Å². The van der Waals surface area contributed by atoms with Gasteiger partial charge in [-0.25, -0.2) is 0 Å². The zero-order valence-corrected chi connectivity index (χ0v) is 14.9. The largest absolute Gasteiger partial charge is 0.379 e. The van der Waals surface area contributed by atoms with Gasteiger partial charge < -0.3 is 4.74 Å². The molecule has 2 aliphatic heterocycles. The van der Waals surface area contributed by atoms with Crippen LogP contribution in [0.2, 0.25) is 0 Å². The maximum absolute atomic E-state index is 11.6. The van der Waals surface area contributed by atoms with Crippen molar-refractivity contribution >= 4 is 10.2 Å². The van der Waals surface area contributed by atoms with Gasteiger partial charge in [-0.15, -0.1) is 0 Å². The van der Waals surface area contributed by atoms with Gasteiger partial charge in [0.1, 0.15) is 0 Å². The normalized spacial score (nSPS) is 24.9. The van der Waals surface area contributed by atoms with Gasteiger partial charge >= 0.3 is 0 Å². The second-order valence-corrected chi connectivity index (χ2v) is 8.12. The summed E-state index contributed by atoms with van der Waals surface area (Å²) in [5.74, 6) is 0. The minimum Gasteiger partial charge on any atom is -0.379 e. The monoisotopic (exact) mass is 321 g/mol. The lowest BCUT2D eigenvalue weighted by Gasteiger charge is -2.34. The van der Waals surface area contributed by atoms with E-state index in [-0.39, 0.29) is 6.04 Å². The lowest BCUT2D eigenvalue weighted by molar-refractivity contribution is 0.0238. The summed E-state index contributed by atoms with van der Waals surface area (Å²) in [6.07, 6.45) is 0.925. The van der Waals surface area contributed by atoms with Gasteiger partial charge in [-0.1, -0.05) is 0 Å². The van der Waals surface area contributed by atoms with Crippen molar-refractivity contribution in [2.24, 2.45) is 0 Å². The summed E-state index contributed by atoms with van der Waals surface area (Å²) in [6.45, 7) is 13.6. The maximum Gasteiger partial charge on any atom is 0.281 e. The van der Waals surface area contributed by atoms with E-state index in [1.165, 1.54) is 8.61 Å². The second kappa shape index (κ2) is 8.43. The van der Waals surface area contributed by atoms with Gasteiger partial charge in [-0.05, 0) is 34.1 Å². The van der Waals surface area contributed by atoms with Gasteiger partial charge in [0.05, 0.1) is 13.2 Å². The van der Waals surface area contributed by atoms with Crippen LogP contribution in [0.4, 0.5) is 0 Å². The molecule has 2 saturated heterocycles. The number of hydrogen-bond donors (Lipinski definition) is 0. The van der Waals surface area contributed by atoms with Crippen LogP contribution < -0.4 is 0 Å². The molecule has 0 aromatic carbocycles. The molecule has 0 aromatic rings. The first-order valence-electron chi connectivity index (χ1n) is 7.81. The van der Waals surface area contributed by atoms with Crippen LogP contribution in [-0.4, -0.2) is 80.5 Å². The van der Waals surface area contributed by atoms with Crippen LogP contribution in [0.5, 0.6) is 0 Å². The zero-order valence-electron chi connectivity index (χ0n) is 14.1. The van der Waals surface area contributed by atoms with Gasteiger partial charge in [0.25, 0.3) is 10.2 Å². The molecular weight excluding hydrogens is 290 g/mol. The van der Waals surface area contributed by atoms with Crippen LogP contribution in [0.15, 0.2) is 0 Å². The van der Waals surface area contributed by atoms with Crippen molar-refractivity contribution in [1.29, 1.82) is 0 Å². The summed E-state index contributed by atoms with van der Waals surface area (Å²) in [5.41, 5.74) is 0. The predicted octanol–water partition coefficient (Wildman–Crippen LogP) is 1.00. The fourth-order valence-electron chi connectivity index (χ4n) is 2.48. The van der Waals surface area contributed by atoms with Crippen molar-refractivity contribution in [2.45, 2.75) is 46.2 Å². The number of hydrogen-bond acceptors (Lipinski definition) is 4. The van der Waals surface area contributed by atoms with Crippen LogP contribution in [0.3, 0.4) is 0 Å². The van der Waals surface area contributed by atoms with Crippen LogP contribution in [0.1, 0.15) is 34.1 Å². The van der Waals surface area contributed by atoms with Crippen LogP contribution in [-0.2, 0) is 14.9 Å². The lowest BCUT2D eigenvalue weighted by atomic mass is 10.3. The third-order valence-corrected chi connectivity index (χ3v) is 6.06. The highest BCUT2D eigenvalue weighted by molar-refractivity contribution is 7.86. The van der Waals surface area contributed by atoms with E-state index in [0.29, 0.717) is 19.1 Å². The fraction of sp³-hybridized carbons (Fsp3) is 1.00. The van der Waals surface area contributed by atoms with Gasteiger partial charge in [-0.2, -0.15) is 17.0 Å². The maximum atomic E-state index is 11.6. The van der Waals surface area contributed by atoms with Gasteiger partial charge in [-0.3, -0.25) is 4.90 Å². The summed E-state index contributed by atoms with van der Waals surface area (Å²) in [5, 5.41) is 0. The van der Waals surface area contributed by atoms with E-state index < -0.39 is 10.2 Å². The first-order chi connectivity index (χ1) is 9.76. The van der Waals surface area contributed by atoms with Gasteiger partial charge in [0, 0.05) is 45.3 Å². The minimum absolute atomic E-state index is 0.0674. The molecule has 0 saturated carbocycles. The molecule has 2 rings (SSSR count). The molecule has 2 heterocycles. The topological polar surface area (TPSA) is 53.1 Å². The van der Waals surface area contributed by atoms with E-state index in [9.17, 15) is 8.42 Å². The quantitative estimate of drug-likeness (QED) is 0.761. The van der Waals surface area contributed by atoms with Crippen molar-refractivity contribution in [2.75, 3.05) is 46.4 Å².